The zero-order valence-corrected chi connectivity index (χ0v) is 18.9. The van der Waals surface area contributed by atoms with Crippen LogP contribution in [0, 0.1) is 13.8 Å². The molecular formula is C18H22IN5S2. The predicted octanol–water partition coefficient (Wildman–Crippen LogP) is 4.37. The molecule has 1 aromatic carbocycles. The number of aryl methyl sites for hydroxylation is 2. The average Bonchev–Trinajstić information content (AvgIpc) is 3.22. The van der Waals surface area contributed by atoms with Crippen molar-refractivity contribution >= 4 is 52.6 Å². The number of aliphatic imine (C=N–C) groups is 1. The van der Waals surface area contributed by atoms with Gasteiger partial charge in [0.1, 0.15) is 5.01 Å². The molecule has 26 heavy (non-hydrogen) atoms. The van der Waals surface area contributed by atoms with E-state index in [4.69, 9.17) is 0 Å². The Balaban J connectivity index is 0.00000243. The zero-order valence-electron chi connectivity index (χ0n) is 14.9. The van der Waals surface area contributed by atoms with Crippen LogP contribution in [0.1, 0.15) is 21.3 Å². The molecule has 0 unspecified atom stereocenters. The lowest BCUT2D eigenvalue weighted by Gasteiger charge is -2.10. The number of hydrogen-bond acceptors (Lipinski definition) is 5. The molecule has 8 heteroatoms. The van der Waals surface area contributed by atoms with Gasteiger partial charge in [-0.1, -0.05) is 30.3 Å². The molecule has 0 fully saturated rings. The Morgan fingerprint density at radius 2 is 1.81 bits per heavy atom. The lowest BCUT2D eigenvalue weighted by atomic mass is 10.2. The second-order valence-corrected chi connectivity index (χ2v) is 7.68. The maximum Gasteiger partial charge on any atom is 0.191 e. The van der Waals surface area contributed by atoms with Crippen molar-refractivity contribution < 1.29 is 0 Å². The number of benzene rings is 1. The first-order valence-corrected chi connectivity index (χ1v) is 9.72. The first kappa shape index (κ1) is 20.8. The third-order valence-corrected chi connectivity index (χ3v) is 5.66. The largest absolute Gasteiger partial charge is 0.351 e. The SMILES string of the molecule is CN=C(NCc1csc(-c2ccccc2)n1)NCc1sc(C)nc1C.I. The number of aromatic nitrogens is 2. The molecule has 0 radical (unpaired) electrons. The van der Waals surface area contributed by atoms with Crippen LogP contribution in [-0.4, -0.2) is 23.0 Å². The second kappa shape index (κ2) is 9.98. The van der Waals surface area contributed by atoms with Crippen LogP contribution in [0.4, 0.5) is 0 Å². The van der Waals surface area contributed by atoms with Crippen molar-refractivity contribution in [3.63, 3.8) is 0 Å². The van der Waals surface area contributed by atoms with Gasteiger partial charge in [-0.15, -0.1) is 46.7 Å². The summed E-state index contributed by atoms with van der Waals surface area (Å²) in [5, 5.41) is 10.9. The van der Waals surface area contributed by atoms with Gasteiger partial charge in [0.15, 0.2) is 5.96 Å². The summed E-state index contributed by atoms with van der Waals surface area (Å²) in [6, 6.07) is 10.2. The molecule has 3 aromatic rings. The summed E-state index contributed by atoms with van der Waals surface area (Å²) in [7, 11) is 1.77. The van der Waals surface area contributed by atoms with Crippen LogP contribution in [-0.2, 0) is 13.1 Å². The molecule has 2 aromatic heterocycles. The third-order valence-electron chi connectivity index (χ3n) is 3.65. The summed E-state index contributed by atoms with van der Waals surface area (Å²) in [5.41, 5.74) is 3.24. The Labute approximate surface area is 179 Å². The molecule has 2 heterocycles. The number of nitrogens with zero attached hydrogens (tertiary/aromatic N) is 3. The molecule has 3 rings (SSSR count). The van der Waals surface area contributed by atoms with Crippen molar-refractivity contribution in [2.45, 2.75) is 26.9 Å². The lowest BCUT2D eigenvalue weighted by molar-refractivity contribution is 0.800. The van der Waals surface area contributed by atoms with Gasteiger partial charge >= 0.3 is 0 Å². The summed E-state index contributed by atoms with van der Waals surface area (Å²) < 4.78 is 0. The van der Waals surface area contributed by atoms with Gasteiger partial charge in [0.2, 0.25) is 0 Å². The molecular weight excluding hydrogens is 477 g/mol. The molecule has 0 spiro atoms. The van der Waals surface area contributed by atoms with Crippen LogP contribution in [0.5, 0.6) is 0 Å². The molecule has 0 saturated carbocycles. The van der Waals surface area contributed by atoms with E-state index in [1.165, 1.54) is 4.88 Å². The molecule has 0 bridgehead atoms. The highest BCUT2D eigenvalue weighted by atomic mass is 127. The quantitative estimate of drug-likeness (QED) is 0.311. The van der Waals surface area contributed by atoms with Crippen LogP contribution < -0.4 is 10.6 Å². The minimum Gasteiger partial charge on any atom is -0.351 e. The molecule has 0 aliphatic carbocycles. The predicted molar refractivity (Wildman–Crippen MR) is 122 cm³/mol. The monoisotopic (exact) mass is 499 g/mol. The van der Waals surface area contributed by atoms with Gasteiger partial charge in [0, 0.05) is 22.9 Å². The highest BCUT2D eigenvalue weighted by Crippen LogP contribution is 2.23. The van der Waals surface area contributed by atoms with Crippen molar-refractivity contribution in [2.75, 3.05) is 7.05 Å². The number of nitrogens with one attached hydrogen (secondary N) is 2. The Kier molecular flexibility index (Phi) is 7.98. The van der Waals surface area contributed by atoms with E-state index >= 15 is 0 Å². The molecule has 0 atom stereocenters. The first-order chi connectivity index (χ1) is 12.2. The topological polar surface area (TPSA) is 62.2 Å². The van der Waals surface area contributed by atoms with Gasteiger partial charge in [-0.3, -0.25) is 4.99 Å². The van der Waals surface area contributed by atoms with Crippen molar-refractivity contribution in [1.82, 2.24) is 20.6 Å². The minimum absolute atomic E-state index is 0. The fourth-order valence-corrected chi connectivity index (χ4v) is 4.10. The Bertz CT molecular complexity index is 858. The molecule has 0 amide bonds. The maximum absolute atomic E-state index is 4.69. The van der Waals surface area contributed by atoms with Gasteiger partial charge in [0.05, 0.1) is 29.5 Å². The summed E-state index contributed by atoms with van der Waals surface area (Å²) >= 11 is 3.37. The summed E-state index contributed by atoms with van der Waals surface area (Å²) in [4.78, 5) is 14.6. The first-order valence-electron chi connectivity index (χ1n) is 8.03. The van der Waals surface area contributed by atoms with Crippen molar-refractivity contribution in [2.24, 2.45) is 4.99 Å². The van der Waals surface area contributed by atoms with E-state index in [0.29, 0.717) is 6.54 Å². The molecule has 0 saturated heterocycles. The molecule has 2 N–H and O–H groups in total. The average molecular weight is 499 g/mol. The van der Waals surface area contributed by atoms with Crippen molar-refractivity contribution in [1.29, 1.82) is 0 Å². The van der Waals surface area contributed by atoms with Crippen molar-refractivity contribution in [3.05, 3.63) is 57.0 Å². The third kappa shape index (κ3) is 5.49. The number of thiazole rings is 2. The van der Waals surface area contributed by atoms with E-state index in [2.05, 4.69) is 43.1 Å². The van der Waals surface area contributed by atoms with Gasteiger partial charge < -0.3 is 10.6 Å². The Morgan fingerprint density at radius 1 is 1.08 bits per heavy atom. The second-order valence-electron chi connectivity index (χ2n) is 5.53. The van der Waals surface area contributed by atoms with E-state index in [0.717, 1.165) is 39.5 Å². The van der Waals surface area contributed by atoms with Gasteiger partial charge in [-0.25, -0.2) is 9.97 Å². The molecule has 0 aliphatic rings. The molecule has 5 nitrogen and oxygen atoms in total. The summed E-state index contributed by atoms with van der Waals surface area (Å²) in [6.45, 7) is 5.44. The normalized spacial score (nSPS) is 11.1. The highest BCUT2D eigenvalue weighted by Gasteiger charge is 2.07. The number of rotatable bonds is 5. The fraction of sp³-hybridized carbons (Fsp3) is 0.278. The van der Waals surface area contributed by atoms with Crippen LogP contribution >= 0.6 is 46.7 Å². The molecule has 0 aliphatic heterocycles. The minimum atomic E-state index is 0. The van der Waals surface area contributed by atoms with Gasteiger partial charge in [-0.2, -0.15) is 0 Å². The smallest absolute Gasteiger partial charge is 0.191 e. The van der Waals surface area contributed by atoms with Crippen molar-refractivity contribution in [3.8, 4) is 10.6 Å². The van der Waals surface area contributed by atoms with Crippen LogP contribution in [0.15, 0.2) is 40.7 Å². The van der Waals surface area contributed by atoms with Gasteiger partial charge in [-0.05, 0) is 13.8 Å². The molecule has 138 valence electrons. The number of hydrogen-bond donors (Lipinski definition) is 2. The van der Waals surface area contributed by atoms with E-state index in [9.17, 15) is 0 Å². The maximum atomic E-state index is 4.69. The van der Waals surface area contributed by atoms with E-state index in [1.54, 1.807) is 29.7 Å². The Hall–Kier alpha value is -1.52. The Morgan fingerprint density at radius 3 is 2.46 bits per heavy atom. The zero-order chi connectivity index (χ0) is 17.6. The van der Waals surface area contributed by atoms with E-state index in [-0.39, 0.29) is 24.0 Å². The van der Waals surface area contributed by atoms with Gasteiger partial charge in [0.25, 0.3) is 0 Å². The standard InChI is InChI=1S/C18H21N5S2.HI/c1-12-16(25-13(2)22-12)10-21-18(19-3)20-9-15-11-24-17(23-15)14-7-5-4-6-8-14;/h4-8,11H,9-10H2,1-3H3,(H2,19,20,21);1H. The number of halogens is 1. The van der Waals surface area contributed by atoms with Crippen LogP contribution in [0.25, 0.3) is 10.6 Å². The number of guanidine groups is 1. The summed E-state index contributed by atoms with van der Waals surface area (Å²) in [6.07, 6.45) is 0. The van der Waals surface area contributed by atoms with E-state index < -0.39 is 0 Å². The highest BCUT2D eigenvalue weighted by molar-refractivity contribution is 14.0. The lowest BCUT2D eigenvalue weighted by Crippen LogP contribution is -2.36. The fourth-order valence-electron chi connectivity index (χ4n) is 2.40. The van der Waals surface area contributed by atoms with Crippen LogP contribution in [0.2, 0.25) is 0 Å². The van der Waals surface area contributed by atoms with Crippen LogP contribution in [0.3, 0.4) is 0 Å². The summed E-state index contributed by atoms with van der Waals surface area (Å²) in [5.74, 6) is 0.764. The van der Waals surface area contributed by atoms with E-state index in [1.807, 2.05) is 32.0 Å².